The first-order valence-corrected chi connectivity index (χ1v) is 7.32. The van der Waals surface area contributed by atoms with Crippen molar-refractivity contribution in [2.45, 2.75) is 13.5 Å². The maximum absolute atomic E-state index is 11.6. The van der Waals surface area contributed by atoms with Crippen molar-refractivity contribution in [1.82, 2.24) is 15.6 Å². The molecule has 0 radical (unpaired) electrons. The maximum atomic E-state index is 11.6. The smallest absolute Gasteiger partial charge is 0.315 e. The quantitative estimate of drug-likeness (QED) is 0.716. The zero-order valence-electron chi connectivity index (χ0n) is 11.3. The summed E-state index contributed by atoms with van der Waals surface area (Å²) in [6.45, 7) is 3.81. The molecule has 106 valence electrons. The lowest BCUT2D eigenvalue weighted by atomic mass is 10.2. The van der Waals surface area contributed by atoms with Gasteiger partial charge in [-0.05, 0) is 30.0 Å². The standard InChI is InChI=1S/C14H18N4OS/c1-11-9-15-5-4-13(11)16-6-7-17-14(19)18-10-12-3-2-8-20-12/h2-5,8-9H,6-7,10H2,1H3,(H,15,16)(H2,17,18,19). The van der Waals surface area contributed by atoms with E-state index in [9.17, 15) is 4.79 Å². The Morgan fingerprint density at radius 1 is 1.30 bits per heavy atom. The van der Waals surface area contributed by atoms with Gasteiger partial charge in [0.2, 0.25) is 0 Å². The molecule has 0 spiro atoms. The van der Waals surface area contributed by atoms with E-state index in [-0.39, 0.29) is 6.03 Å². The van der Waals surface area contributed by atoms with E-state index < -0.39 is 0 Å². The molecule has 0 aliphatic carbocycles. The molecule has 6 heteroatoms. The summed E-state index contributed by atoms with van der Waals surface area (Å²) in [5.41, 5.74) is 2.13. The van der Waals surface area contributed by atoms with E-state index in [1.165, 1.54) is 0 Å². The minimum atomic E-state index is -0.147. The van der Waals surface area contributed by atoms with E-state index in [1.54, 1.807) is 17.5 Å². The average Bonchev–Trinajstić information content (AvgIpc) is 2.96. The summed E-state index contributed by atoms with van der Waals surface area (Å²) in [5.74, 6) is 0. The minimum Gasteiger partial charge on any atom is -0.383 e. The van der Waals surface area contributed by atoms with Crippen LogP contribution in [0.4, 0.5) is 10.5 Å². The monoisotopic (exact) mass is 290 g/mol. The highest BCUT2D eigenvalue weighted by atomic mass is 32.1. The summed E-state index contributed by atoms with van der Waals surface area (Å²) in [7, 11) is 0. The van der Waals surface area contributed by atoms with E-state index in [0.717, 1.165) is 16.1 Å². The highest BCUT2D eigenvalue weighted by Crippen LogP contribution is 2.10. The molecule has 0 fully saturated rings. The first kappa shape index (κ1) is 14.3. The number of urea groups is 1. The van der Waals surface area contributed by atoms with E-state index in [2.05, 4.69) is 20.9 Å². The number of aryl methyl sites for hydroxylation is 1. The van der Waals surface area contributed by atoms with Gasteiger partial charge in [-0.2, -0.15) is 0 Å². The predicted molar refractivity (Wildman–Crippen MR) is 82.0 cm³/mol. The fourth-order valence-electron chi connectivity index (χ4n) is 1.69. The van der Waals surface area contributed by atoms with Crippen molar-refractivity contribution in [3.63, 3.8) is 0 Å². The van der Waals surface area contributed by atoms with Crippen LogP contribution in [0.3, 0.4) is 0 Å². The van der Waals surface area contributed by atoms with Crippen LogP contribution in [0.5, 0.6) is 0 Å². The van der Waals surface area contributed by atoms with Crippen molar-refractivity contribution in [3.05, 3.63) is 46.4 Å². The zero-order valence-corrected chi connectivity index (χ0v) is 12.2. The Morgan fingerprint density at radius 2 is 2.20 bits per heavy atom. The van der Waals surface area contributed by atoms with Crippen molar-refractivity contribution >= 4 is 23.1 Å². The van der Waals surface area contributed by atoms with Gasteiger partial charge in [0.25, 0.3) is 0 Å². The Morgan fingerprint density at radius 3 is 2.95 bits per heavy atom. The molecule has 0 saturated heterocycles. The number of rotatable bonds is 6. The molecular weight excluding hydrogens is 272 g/mol. The normalized spacial score (nSPS) is 10.1. The second-order valence-electron chi connectivity index (χ2n) is 4.31. The molecule has 0 aliphatic heterocycles. The molecule has 0 aliphatic rings. The van der Waals surface area contributed by atoms with Crippen molar-refractivity contribution in [2.24, 2.45) is 0 Å². The summed E-state index contributed by atoms with van der Waals surface area (Å²) in [6, 6.07) is 5.75. The average molecular weight is 290 g/mol. The third-order valence-electron chi connectivity index (χ3n) is 2.75. The number of aromatic nitrogens is 1. The molecule has 0 atom stereocenters. The summed E-state index contributed by atoms with van der Waals surface area (Å²) in [6.07, 6.45) is 3.56. The van der Waals surface area contributed by atoms with Crippen LogP contribution in [0.2, 0.25) is 0 Å². The number of nitrogens with zero attached hydrogens (tertiary/aromatic N) is 1. The van der Waals surface area contributed by atoms with E-state index >= 15 is 0 Å². The van der Waals surface area contributed by atoms with E-state index in [0.29, 0.717) is 19.6 Å². The van der Waals surface area contributed by atoms with Crippen molar-refractivity contribution < 1.29 is 4.79 Å². The molecule has 0 unspecified atom stereocenters. The minimum absolute atomic E-state index is 0.147. The Labute approximate surface area is 122 Å². The van der Waals surface area contributed by atoms with Crippen molar-refractivity contribution in [3.8, 4) is 0 Å². The Kier molecular flexibility index (Phi) is 5.37. The topological polar surface area (TPSA) is 66.0 Å². The lowest BCUT2D eigenvalue weighted by Crippen LogP contribution is -2.37. The number of carbonyl (C=O) groups excluding carboxylic acids is 1. The maximum Gasteiger partial charge on any atom is 0.315 e. The molecular formula is C14H18N4OS. The van der Waals surface area contributed by atoms with Crippen molar-refractivity contribution in [2.75, 3.05) is 18.4 Å². The number of hydrogen-bond acceptors (Lipinski definition) is 4. The van der Waals surface area contributed by atoms with E-state index in [4.69, 9.17) is 0 Å². The molecule has 2 rings (SSSR count). The first-order chi connectivity index (χ1) is 9.75. The highest BCUT2D eigenvalue weighted by molar-refractivity contribution is 7.09. The van der Waals surface area contributed by atoms with Gasteiger partial charge in [-0.3, -0.25) is 4.98 Å². The van der Waals surface area contributed by atoms with Crippen LogP contribution in [0, 0.1) is 6.92 Å². The number of pyridine rings is 1. The molecule has 2 heterocycles. The van der Waals surface area contributed by atoms with E-state index in [1.807, 2.05) is 36.7 Å². The SMILES string of the molecule is Cc1cnccc1NCCNC(=O)NCc1cccs1. The number of nitrogens with one attached hydrogen (secondary N) is 3. The number of hydrogen-bond donors (Lipinski definition) is 3. The van der Waals surface area contributed by atoms with Gasteiger partial charge in [0.1, 0.15) is 0 Å². The van der Waals surface area contributed by atoms with Gasteiger partial charge < -0.3 is 16.0 Å². The van der Waals surface area contributed by atoms with Crippen LogP contribution in [0.25, 0.3) is 0 Å². The first-order valence-electron chi connectivity index (χ1n) is 6.44. The van der Waals surface area contributed by atoms with Gasteiger partial charge in [0, 0.05) is 36.0 Å². The van der Waals surface area contributed by atoms with Crippen LogP contribution < -0.4 is 16.0 Å². The lowest BCUT2D eigenvalue weighted by Gasteiger charge is -2.10. The fraction of sp³-hybridized carbons (Fsp3) is 0.286. The predicted octanol–water partition coefficient (Wildman–Crippen LogP) is 2.36. The molecule has 20 heavy (non-hydrogen) atoms. The molecule has 2 aromatic heterocycles. The van der Waals surface area contributed by atoms with Gasteiger partial charge in [-0.25, -0.2) is 4.79 Å². The second-order valence-corrected chi connectivity index (χ2v) is 5.34. The molecule has 5 nitrogen and oxygen atoms in total. The summed E-state index contributed by atoms with van der Waals surface area (Å²) < 4.78 is 0. The summed E-state index contributed by atoms with van der Waals surface area (Å²) in [5, 5.41) is 10.9. The number of amides is 2. The van der Waals surface area contributed by atoms with Gasteiger partial charge in [0.05, 0.1) is 6.54 Å². The third kappa shape index (κ3) is 4.55. The molecule has 0 aromatic carbocycles. The number of anilines is 1. The second kappa shape index (κ2) is 7.49. The molecule has 0 bridgehead atoms. The Balaban J connectivity index is 1.61. The number of carbonyl (C=O) groups is 1. The fourth-order valence-corrected chi connectivity index (χ4v) is 2.33. The van der Waals surface area contributed by atoms with Gasteiger partial charge >= 0.3 is 6.03 Å². The van der Waals surface area contributed by atoms with Crippen LogP contribution in [-0.4, -0.2) is 24.1 Å². The van der Waals surface area contributed by atoms with Crippen LogP contribution in [0.15, 0.2) is 36.0 Å². The highest BCUT2D eigenvalue weighted by Gasteiger charge is 2.00. The largest absolute Gasteiger partial charge is 0.383 e. The Hall–Kier alpha value is -2.08. The van der Waals surface area contributed by atoms with Gasteiger partial charge in [-0.1, -0.05) is 6.07 Å². The molecule has 2 aromatic rings. The molecule has 3 N–H and O–H groups in total. The van der Waals surface area contributed by atoms with Crippen LogP contribution in [0.1, 0.15) is 10.4 Å². The van der Waals surface area contributed by atoms with Crippen LogP contribution >= 0.6 is 11.3 Å². The molecule has 0 saturated carbocycles. The summed E-state index contributed by atoms with van der Waals surface area (Å²) >= 11 is 1.63. The lowest BCUT2D eigenvalue weighted by molar-refractivity contribution is 0.241. The third-order valence-corrected chi connectivity index (χ3v) is 3.63. The van der Waals surface area contributed by atoms with Crippen molar-refractivity contribution in [1.29, 1.82) is 0 Å². The van der Waals surface area contributed by atoms with Gasteiger partial charge in [0.15, 0.2) is 0 Å². The molecule has 2 amide bonds. The Bertz CT molecular complexity index is 542. The van der Waals surface area contributed by atoms with Crippen LogP contribution in [-0.2, 0) is 6.54 Å². The number of thiophene rings is 1. The van der Waals surface area contributed by atoms with Gasteiger partial charge in [-0.15, -0.1) is 11.3 Å². The summed E-state index contributed by atoms with van der Waals surface area (Å²) in [4.78, 5) is 16.7. The zero-order chi connectivity index (χ0) is 14.2.